The number of carbonyl (C=O) groups is 1. The Bertz CT molecular complexity index is 690. The molecule has 0 saturated heterocycles. The zero-order valence-electron chi connectivity index (χ0n) is 12.2. The van der Waals surface area contributed by atoms with Gasteiger partial charge < -0.3 is 9.80 Å². The van der Waals surface area contributed by atoms with Crippen molar-refractivity contribution in [2.75, 3.05) is 22.9 Å². The van der Waals surface area contributed by atoms with Gasteiger partial charge in [-0.1, -0.05) is 34.1 Å². The zero-order chi connectivity index (χ0) is 15.7. The Labute approximate surface area is 137 Å². The maximum absolute atomic E-state index is 13.7. The lowest BCUT2D eigenvalue weighted by Gasteiger charge is -2.38. The number of fused-ring (bicyclic) bond motifs is 1. The molecule has 3 nitrogen and oxygen atoms in total. The molecule has 0 aromatic heterocycles. The SMILES string of the molecule is CC(Br)C(=O)N1CCN(c2ccccc2)c2cc(F)ccc21. The fraction of sp³-hybridized carbons (Fsp3) is 0.235. The van der Waals surface area contributed by atoms with Crippen molar-refractivity contribution in [3.8, 4) is 0 Å². The first-order chi connectivity index (χ1) is 10.6. The van der Waals surface area contributed by atoms with Crippen molar-refractivity contribution in [2.45, 2.75) is 11.8 Å². The van der Waals surface area contributed by atoms with Crippen LogP contribution >= 0.6 is 15.9 Å². The predicted molar refractivity (Wildman–Crippen MR) is 90.6 cm³/mol. The smallest absolute Gasteiger partial charge is 0.240 e. The second-order valence-electron chi connectivity index (χ2n) is 5.23. The molecular weight excluding hydrogens is 347 g/mol. The largest absolute Gasteiger partial charge is 0.338 e. The maximum Gasteiger partial charge on any atom is 0.240 e. The molecule has 3 rings (SSSR count). The highest BCUT2D eigenvalue weighted by Crippen LogP contribution is 2.38. The fourth-order valence-corrected chi connectivity index (χ4v) is 2.95. The van der Waals surface area contributed by atoms with Gasteiger partial charge in [0.15, 0.2) is 0 Å². The maximum atomic E-state index is 13.7. The fourth-order valence-electron chi connectivity index (χ4n) is 2.70. The first kappa shape index (κ1) is 15.0. The molecule has 2 aromatic carbocycles. The third kappa shape index (κ3) is 2.73. The molecule has 0 N–H and O–H groups in total. The number of anilines is 3. The highest BCUT2D eigenvalue weighted by atomic mass is 79.9. The van der Waals surface area contributed by atoms with Crippen LogP contribution in [0.4, 0.5) is 21.5 Å². The zero-order valence-corrected chi connectivity index (χ0v) is 13.8. The Morgan fingerprint density at radius 1 is 1.14 bits per heavy atom. The number of hydrogen-bond donors (Lipinski definition) is 0. The molecule has 0 fully saturated rings. The molecule has 1 amide bonds. The number of rotatable bonds is 2. The van der Waals surface area contributed by atoms with Crippen LogP contribution in [0.25, 0.3) is 0 Å². The van der Waals surface area contributed by atoms with Gasteiger partial charge in [-0.05, 0) is 37.3 Å². The molecule has 0 spiro atoms. The number of hydrogen-bond acceptors (Lipinski definition) is 2. The summed E-state index contributed by atoms with van der Waals surface area (Å²) in [6.45, 7) is 3.00. The number of halogens is 2. The third-order valence-corrected chi connectivity index (χ3v) is 4.13. The second-order valence-corrected chi connectivity index (χ2v) is 6.60. The number of para-hydroxylation sites is 1. The van der Waals surface area contributed by atoms with Crippen LogP contribution in [-0.2, 0) is 4.79 Å². The van der Waals surface area contributed by atoms with Gasteiger partial charge in [0.1, 0.15) is 5.82 Å². The topological polar surface area (TPSA) is 23.6 Å². The second kappa shape index (κ2) is 6.08. The summed E-state index contributed by atoms with van der Waals surface area (Å²) in [6, 6.07) is 14.4. The van der Waals surface area contributed by atoms with Crippen LogP contribution in [0.5, 0.6) is 0 Å². The number of amides is 1. The molecule has 2 aromatic rings. The van der Waals surface area contributed by atoms with Crippen molar-refractivity contribution in [3.63, 3.8) is 0 Å². The third-order valence-electron chi connectivity index (χ3n) is 3.74. The Morgan fingerprint density at radius 3 is 2.55 bits per heavy atom. The molecule has 0 aliphatic carbocycles. The molecule has 5 heteroatoms. The Morgan fingerprint density at radius 2 is 1.86 bits per heavy atom. The molecule has 1 atom stereocenters. The summed E-state index contributed by atoms with van der Waals surface area (Å²) < 4.78 is 13.7. The number of nitrogens with zero attached hydrogens (tertiary/aromatic N) is 2. The first-order valence-electron chi connectivity index (χ1n) is 7.15. The van der Waals surface area contributed by atoms with E-state index in [9.17, 15) is 9.18 Å². The van der Waals surface area contributed by atoms with E-state index in [0.29, 0.717) is 13.1 Å². The lowest BCUT2D eigenvalue weighted by Crippen LogP contribution is -2.44. The van der Waals surface area contributed by atoms with Crippen LogP contribution < -0.4 is 9.80 Å². The van der Waals surface area contributed by atoms with Crippen molar-refractivity contribution in [3.05, 3.63) is 54.3 Å². The van der Waals surface area contributed by atoms with Crippen LogP contribution in [0, 0.1) is 5.82 Å². The van der Waals surface area contributed by atoms with Crippen molar-refractivity contribution in [2.24, 2.45) is 0 Å². The van der Waals surface area contributed by atoms with E-state index in [1.54, 1.807) is 17.9 Å². The monoisotopic (exact) mass is 362 g/mol. The lowest BCUT2D eigenvalue weighted by molar-refractivity contribution is -0.117. The molecular formula is C17H16BrFN2O. The standard InChI is InChI=1S/C17H16BrFN2O/c1-12(18)17(22)21-10-9-20(14-5-3-2-4-6-14)16-11-13(19)7-8-15(16)21/h2-8,11-12H,9-10H2,1H3. The molecule has 1 heterocycles. The summed E-state index contributed by atoms with van der Waals surface area (Å²) in [5.74, 6) is -0.318. The van der Waals surface area contributed by atoms with Crippen LogP contribution in [0.2, 0.25) is 0 Å². The minimum Gasteiger partial charge on any atom is -0.338 e. The van der Waals surface area contributed by atoms with Crippen LogP contribution in [0.3, 0.4) is 0 Å². The molecule has 0 bridgehead atoms. The normalized spacial score (nSPS) is 15.4. The van der Waals surface area contributed by atoms with Crippen LogP contribution in [0.1, 0.15) is 6.92 Å². The molecule has 1 aliphatic rings. The highest BCUT2D eigenvalue weighted by molar-refractivity contribution is 9.10. The summed E-state index contributed by atoms with van der Waals surface area (Å²) in [5.41, 5.74) is 2.46. The van der Waals surface area contributed by atoms with E-state index in [-0.39, 0.29) is 16.6 Å². The van der Waals surface area contributed by atoms with Gasteiger partial charge in [0.25, 0.3) is 0 Å². The summed E-state index contributed by atoms with van der Waals surface area (Å²) in [6.07, 6.45) is 0. The Hall–Kier alpha value is -1.88. The Kier molecular flexibility index (Phi) is 4.16. The van der Waals surface area contributed by atoms with E-state index in [2.05, 4.69) is 15.9 Å². The summed E-state index contributed by atoms with van der Waals surface area (Å²) >= 11 is 3.32. The van der Waals surface area contributed by atoms with Crippen molar-refractivity contribution in [1.29, 1.82) is 0 Å². The first-order valence-corrected chi connectivity index (χ1v) is 8.07. The summed E-state index contributed by atoms with van der Waals surface area (Å²) in [4.78, 5) is 15.8. The van der Waals surface area contributed by atoms with Crippen LogP contribution in [0.15, 0.2) is 48.5 Å². The van der Waals surface area contributed by atoms with Gasteiger partial charge in [0, 0.05) is 18.8 Å². The molecule has 22 heavy (non-hydrogen) atoms. The van der Waals surface area contributed by atoms with E-state index >= 15 is 0 Å². The van der Waals surface area contributed by atoms with Gasteiger partial charge in [0.2, 0.25) is 5.91 Å². The van der Waals surface area contributed by atoms with E-state index in [0.717, 1.165) is 17.1 Å². The average molecular weight is 363 g/mol. The average Bonchev–Trinajstić information content (AvgIpc) is 2.53. The number of carbonyl (C=O) groups excluding carboxylic acids is 1. The van der Waals surface area contributed by atoms with Crippen molar-refractivity contribution in [1.82, 2.24) is 0 Å². The van der Waals surface area contributed by atoms with Gasteiger partial charge in [-0.15, -0.1) is 0 Å². The Balaban J connectivity index is 2.06. The summed E-state index contributed by atoms with van der Waals surface area (Å²) in [7, 11) is 0. The predicted octanol–water partition coefficient (Wildman–Crippen LogP) is 4.09. The van der Waals surface area contributed by atoms with Crippen LogP contribution in [-0.4, -0.2) is 23.8 Å². The molecule has 114 valence electrons. The van der Waals surface area contributed by atoms with Crippen molar-refractivity contribution >= 4 is 38.9 Å². The molecule has 0 radical (unpaired) electrons. The van der Waals surface area contributed by atoms with E-state index in [1.165, 1.54) is 12.1 Å². The summed E-state index contributed by atoms with van der Waals surface area (Å²) in [5, 5.41) is 0. The van der Waals surface area contributed by atoms with E-state index < -0.39 is 0 Å². The van der Waals surface area contributed by atoms with E-state index in [4.69, 9.17) is 0 Å². The quantitative estimate of drug-likeness (QED) is 0.751. The van der Waals surface area contributed by atoms with Crippen molar-refractivity contribution < 1.29 is 9.18 Å². The highest BCUT2D eigenvalue weighted by Gasteiger charge is 2.29. The minimum atomic E-state index is -0.305. The van der Waals surface area contributed by atoms with Gasteiger partial charge in [-0.2, -0.15) is 0 Å². The van der Waals surface area contributed by atoms with Gasteiger partial charge in [0.05, 0.1) is 16.2 Å². The van der Waals surface area contributed by atoms with Gasteiger partial charge in [-0.3, -0.25) is 4.79 Å². The molecule has 1 aliphatic heterocycles. The van der Waals surface area contributed by atoms with Gasteiger partial charge >= 0.3 is 0 Å². The lowest BCUT2D eigenvalue weighted by atomic mass is 10.1. The van der Waals surface area contributed by atoms with E-state index in [1.807, 2.05) is 35.2 Å². The number of benzene rings is 2. The number of alkyl halides is 1. The van der Waals surface area contributed by atoms with Gasteiger partial charge in [-0.25, -0.2) is 4.39 Å². The molecule has 0 saturated carbocycles. The minimum absolute atomic E-state index is 0.0134. The molecule has 1 unspecified atom stereocenters.